The molecule has 5 amide bonds. The maximum Gasteiger partial charge on any atom is 0.321 e. The summed E-state index contributed by atoms with van der Waals surface area (Å²) in [6.07, 6.45) is 13.6. The Labute approximate surface area is 309 Å². The van der Waals surface area contributed by atoms with Crippen molar-refractivity contribution in [3.8, 4) is 0 Å². The predicted octanol–water partition coefficient (Wildman–Crippen LogP) is 6.20. The molecule has 0 aliphatic carbocycles. The van der Waals surface area contributed by atoms with Crippen LogP contribution in [0.1, 0.15) is 108 Å². The fourth-order valence-electron chi connectivity index (χ4n) is 6.90. The van der Waals surface area contributed by atoms with E-state index in [-0.39, 0.29) is 29.8 Å². The quantitative estimate of drug-likeness (QED) is 0.0832. The number of amides is 5. The molecule has 2 aliphatic heterocycles. The number of carbonyl (C=O) groups is 4. The minimum atomic E-state index is -0.331. The fourth-order valence-corrected chi connectivity index (χ4v) is 6.90. The molecule has 2 aliphatic rings. The number of nitrogens with two attached hydrogens (primary N) is 1. The van der Waals surface area contributed by atoms with Crippen molar-refractivity contribution in [2.24, 2.45) is 17.6 Å². The second-order valence-electron chi connectivity index (χ2n) is 14.3. The lowest BCUT2D eigenvalue weighted by Crippen LogP contribution is -2.41. The first-order chi connectivity index (χ1) is 25.2. The van der Waals surface area contributed by atoms with Crippen molar-refractivity contribution in [3.05, 3.63) is 65.7 Å². The van der Waals surface area contributed by atoms with Gasteiger partial charge in [0.1, 0.15) is 0 Å². The number of hydrogen-bond acceptors (Lipinski definition) is 7. The van der Waals surface area contributed by atoms with Crippen LogP contribution in [0, 0.1) is 11.8 Å². The van der Waals surface area contributed by atoms with Gasteiger partial charge in [-0.2, -0.15) is 0 Å². The first kappa shape index (κ1) is 42.4. The molecule has 1 atom stereocenters. The highest BCUT2D eigenvalue weighted by Gasteiger charge is 2.24. The average molecular weight is 723 g/mol. The number of nitrogens with one attached hydrogen (secondary N) is 3. The van der Waals surface area contributed by atoms with Gasteiger partial charge >= 0.3 is 6.03 Å². The Kier molecular flexibility index (Phi) is 19.8. The van der Waals surface area contributed by atoms with Crippen LogP contribution in [0.25, 0.3) is 0 Å². The van der Waals surface area contributed by atoms with Gasteiger partial charge in [0.15, 0.2) is 0 Å². The van der Waals surface area contributed by atoms with E-state index in [1.54, 1.807) is 11.0 Å². The molecule has 4 rings (SSSR count). The highest BCUT2D eigenvalue weighted by Crippen LogP contribution is 2.25. The van der Waals surface area contributed by atoms with Crippen LogP contribution >= 0.6 is 0 Å². The highest BCUT2D eigenvalue weighted by molar-refractivity contribution is 5.89. The van der Waals surface area contributed by atoms with Crippen molar-refractivity contribution < 1.29 is 29.6 Å². The van der Waals surface area contributed by atoms with Gasteiger partial charge in [-0.1, -0.05) is 55.8 Å². The number of urea groups is 1. The van der Waals surface area contributed by atoms with Gasteiger partial charge in [0.05, 0.1) is 0 Å². The molecule has 0 radical (unpaired) electrons. The van der Waals surface area contributed by atoms with Gasteiger partial charge in [0.2, 0.25) is 17.7 Å². The molecule has 2 aromatic carbocycles. The Morgan fingerprint density at radius 2 is 1.25 bits per heavy atom. The lowest BCUT2D eigenvalue weighted by molar-refractivity contribution is -0.133. The molecule has 12 nitrogen and oxygen atoms in total. The third-order valence-electron chi connectivity index (χ3n) is 10.3. The lowest BCUT2D eigenvalue weighted by Gasteiger charge is -2.32. The molecule has 0 aromatic heterocycles. The summed E-state index contributed by atoms with van der Waals surface area (Å²) in [6, 6.07) is 18.2. The fraction of sp³-hybridized carbons (Fsp3) is 0.600. The van der Waals surface area contributed by atoms with Crippen molar-refractivity contribution in [3.63, 3.8) is 0 Å². The Balaban J connectivity index is 0.000000280. The smallest absolute Gasteiger partial charge is 0.321 e. The summed E-state index contributed by atoms with van der Waals surface area (Å²) in [5.74, 6) is 0.592. The van der Waals surface area contributed by atoms with Crippen LogP contribution in [-0.4, -0.2) is 76.2 Å². The van der Waals surface area contributed by atoms with Gasteiger partial charge in [0, 0.05) is 57.2 Å². The van der Waals surface area contributed by atoms with E-state index in [0.717, 1.165) is 102 Å². The molecular formula is C40H62N6O6. The molecule has 0 unspecified atom stereocenters. The molecule has 2 fully saturated rings. The van der Waals surface area contributed by atoms with Gasteiger partial charge in [-0.25, -0.2) is 15.8 Å². The van der Waals surface area contributed by atoms with Crippen LogP contribution < -0.4 is 22.0 Å². The average Bonchev–Trinajstić information content (AvgIpc) is 3.17. The predicted molar refractivity (Wildman–Crippen MR) is 203 cm³/mol. The molecule has 2 heterocycles. The molecule has 2 saturated heterocycles. The Morgan fingerprint density at radius 1 is 0.731 bits per heavy atom. The number of anilines is 1. The van der Waals surface area contributed by atoms with E-state index in [0.29, 0.717) is 31.1 Å². The Bertz CT molecular complexity index is 1330. The third-order valence-corrected chi connectivity index (χ3v) is 10.3. The topological polar surface area (TPSA) is 177 Å². The zero-order chi connectivity index (χ0) is 37.6. The number of benzene rings is 2. The minimum Gasteiger partial charge on any atom is -0.343 e. The molecule has 2 aromatic rings. The summed E-state index contributed by atoms with van der Waals surface area (Å²) in [6.45, 7) is 5.24. The number of rotatable bonds is 17. The number of carbonyl (C=O) groups excluding carboxylic acids is 4. The zero-order valence-corrected chi connectivity index (χ0v) is 31.1. The summed E-state index contributed by atoms with van der Waals surface area (Å²) in [4.78, 5) is 50.7. The summed E-state index contributed by atoms with van der Waals surface area (Å²) in [5, 5.41) is 20.0. The van der Waals surface area contributed by atoms with Gasteiger partial charge in [-0.05, 0) is 112 Å². The van der Waals surface area contributed by atoms with Gasteiger partial charge in [0.25, 0.3) is 0 Å². The van der Waals surface area contributed by atoms with Crippen LogP contribution in [0.2, 0.25) is 0 Å². The van der Waals surface area contributed by atoms with E-state index in [1.807, 2.05) is 40.1 Å². The van der Waals surface area contributed by atoms with Crippen molar-refractivity contribution >= 4 is 29.4 Å². The number of hydroxylamine groups is 2. The van der Waals surface area contributed by atoms with Crippen LogP contribution in [0.5, 0.6) is 0 Å². The molecule has 0 saturated carbocycles. The normalized spacial score (nSPS) is 15.6. The molecular weight excluding hydrogens is 660 g/mol. The second kappa shape index (κ2) is 24.3. The van der Waals surface area contributed by atoms with E-state index in [9.17, 15) is 19.2 Å². The second-order valence-corrected chi connectivity index (χ2v) is 14.3. The highest BCUT2D eigenvalue weighted by atomic mass is 16.5. The molecule has 0 bridgehead atoms. The number of nitrogens with zero attached hydrogens (tertiary/aromatic N) is 2. The molecule has 12 heteroatoms. The SMILES string of the molecule is CCCCc1ccc(NC(=O)N2CCC(CCCC(=O)NO)CC2)cc1.N[C@@H](CCc1ccccc1)CC(=O)N1CCC(CCCC(=O)NO)CC1. The van der Waals surface area contributed by atoms with Crippen LogP contribution in [-0.2, 0) is 27.2 Å². The van der Waals surface area contributed by atoms with E-state index in [1.165, 1.54) is 24.0 Å². The summed E-state index contributed by atoms with van der Waals surface area (Å²) in [7, 11) is 0. The number of aryl methyl sites for hydroxylation is 2. The minimum absolute atomic E-state index is 0.0376. The van der Waals surface area contributed by atoms with Crippen molar-refractivity contribution in [2.75, 3.05) is 31.5 Å². The number of piperidine rings is 2. The van der Waals surface area contributed by atoms with Crippen LogP contribution in [0.4, 0.5) is 10.5 Å². The number of unbranched alkanes of at least 4 members (excludes halogenated alkanes) is 1. The van der Waals surface area contributed by atoms with Crippen LogP contribution in [0.15, 0.2) is 54.6 Å². The summed E-state index contributed by atoms with van der Waals surface area (Å²) >= 11 is 0. The van der Waals surface area contributed by atoms with Crippen molar-refractivity contribution in [1.82, 2.24) is 20.8 Å². The maximum absolute atomic E-state index is 12.4. The molecule has 0 spiro atoms. The first-order valence-electron chi connectivity index (χ1n) is 19.3. The third kappa shape index (κ3) is 16.6. The standard InChI is InChI=1S/2C20H31N3O3/c1-2-3-5-16-8-10-18(11-9-16)21-20(25)23-14-12-17(13-15-23)6-4-7-19(24)22-26;21-18(10-9-16-5-2-1-3-6-16)15-20(25)23-13-11-17(12-14-23)7-4-8-19(24)22-26/h8-11,17,26H,2-7,12-15H2,1H3,(H,21,25)(H,22,24);1-3,5-6,17-18,26H,4,7-15,21H2,(H,22,24)/t;18-/m.0/s1. The first-order valence-corrected chi connectivity index (χ1v) is 19.3. The monoisotopic (exact) mass is 722 g/mol. The van der Waals surface area contributed by atoms with E-state index >= 15 is 0 Å². The number of likely N-dealkylation sites (tertiary alicyclic amines) is 2. The Hall–Kier alpha value is -4.00. The van der Waals surface area contributed by atoms with Gasteiger partial charge in [-0.3, -0.25) is 24.8 Å². The molecule has 7 N–H and O–H groups in total. The van der Waals surface area contributed by atoms with Crippen molar-refractivity contribution in [2.45, 2.75) is 116 Å². The van der Waals surface area contributed by atoms with Crippen LogP contribution in [0.3, 0.4) is 0 Å². The summed E-state index contributed by atoms with van der Waals surface area (Å²) in [5.41, 5.74) is 12.9. The summed E-state index contributed by atoms with van der Waals surface area (Å²) < 4.78 is 0. The largest absolute Gasteiger partial charge is 0.343 e. The van der Waals surface area contributed by atoms with E-state index in [2.05, 4.69) is 36.5 Å². The Morgan fingerprint density at radius 3 is 1.77 bits per heavy atom. The lowest BCUT2D eigenvalue weighted by atomic mass is 9.91. The van der Waals surface area contributed by atoms with E-state index in [4.69, 9.17) is 16.1 Å². The number of hydrogen-bond donors (Lipinski definition) is 6. The van der Waals surface area contributed by atoms with Crippen molar-refractivity contribution in [1.29, 1.82) is 0 Å². The molecule has 288 valence electrons. The zero-order valence-electron chi connectivity index (χ0n) is 31.1. The van der Waals surface area contributed by atoms with E-state index < -0.39 is 0 Å². The molecule has 52 heavy (non-hydrogen) atoms. The van der Waals surface area contributed by atoms with Gasteiger partial charge in [-0.15, -0.1) is 0 Å². The van der Waals surface area contributed by atoms with Gasteiger partial charge < -0.3 is 20.9 Å². The maximum atomic E-state index is 12.4.